The lowest BCUT2D eigenvalue weighted by Crippen LogP contribution is -2.29. The Labute approximate surface area is 128 Å². The Morgan fingerprint density at radius 2 is 2.14 bits per heavy atom. The highest BCUT2D eigenvalue weighted by Crippen LogP contribution is 2.20. The number of hydrogen-bond acceptors (Lipinski definition) is 4. The van der Waals surface area contributed by atoms with Crippen molar-refractivity contribution in [1.29, 1.82) is 0 Å². The van der Waals surface area contributed by atoms with E-state index in [1.165, 1.54) is 13.2 Å². The van der Waals surface area contributed by atoms with Crippen LogP contribution in [-0.2, 0) is 14.3 Å². The van der Waals surface area contributed by atoms with Crippen molar-refractivity contribution in [2.45, 2.75) is 13.3 Å². The second-order valence-electron chi connectivity index (χ2n) is 4.26. The summed E-state index contributed by atoms with van der Waals surface area (Å²) in [5.41, 5.74) is 0.891. The molecule has 0 aliphatic rings. The number of ether oxygens (including phenoxy) is 2. The summed E-state index contributed by atoms with van der Waals surface area (Å²) in [7, 11) is 1.31. The van der Waals surface area contributed by atoms with Crippen molar-refractivity contribution < 1.29 is 19.1 Å². The van der Waals surface area contributed by atoms with Crippen LogP contribution >= 0.6 is 11.6 Å². The topological polar surface area (TPSA) is 64.6 Å². The van der Waals surface area contributed by atoms with E-state index in [2.05, 4.69) is 10.1 Å². The molecule has 1 aromatic rings. The highest BCUT2D eigenvalue weighted by atomic mass is 35.5. The number of rotatable bonds is 7. The van der Waals surface area contributed by atoms with Crippen molar-refractivity contribution in [2.75, 3.05) is 20.3 Å². The monoisotopic (exact) mass is 311 g/mol. The normalized spacial score (nSPS) is 10.4. The number of hydrogen-bond donors (Lipinski definition) is 1. The molecule has 0 saturated carbocycles. The van der Waals surface area contributed by atoms with Crippen LogP contribution in [0.3, 0.4) is 0 Å². The molecular formula is C15H18ClNO4. The van der Waals surface area contributed by atoms with Crippen LogP contribution < -0.4 is 10.1 Å². The molecule has 0 spiro atoms. The van der Waals surface area contributed by atoms with E-state index < -0.39 is 5.97 Å². The Morgan fingerprint density at radius 1 is 1.38 bits per heavy atom. The molecule has 0 bridgehead atoms. The van der Waals surface area contributed by atoms with Crippen LogP contribution in [0.2, 0.25) is 5.02 Å². The van der Waals surface area contributed by atoms with Crippen molar-refractivity contribution in [2.24, 2.45) is 0 Å². The highest BCUT2D eigenvalue weighted by molar-refractivity contribution is 6.31. The van der Waals surface area contributed by atoms with Gasteiger partial charge in [-0.2, -0.15) is 0 Å². The van der Waals surface area contributed by atoms with Crippen molar-refractivity contribution >= 4 is 23.5 Å². The summed E-state index contributed by atoms with van der Waals surface area (Å²) < 4.78 is 9.79. The number of benzene rings is 1. The van der Waals surface area contributed by atoms with Gasteiger partial charge in [0.2, 0.25) is 0 Å². The lowest BCUT2D eigenvalue weighted by atomic mass is 10.2. The molecule has 0 saturated heterocycles. The molecular weight excluding hydrogens is 294 g/mol. The van der Waals surface area contributed by atoms with Gasteiger partial charge in [-0.15, -0.1) is 0 Å². The second kappa shape index (κ2) is 9.02. The number of methoxy groups -OCH3 is 1. The van der Waals surface area contributed by atoms with Gasteiger partial charge in [0.1, 0.15) is 5.75 Å². The first-order valence-electron chi connectivity index (χ1n) is 6.43. The average molecular weight is 312 g/mol. The fraction of sp³-hybridized carbons (Fsp3) is 0.333. The first kappa shape index (κ1) is 17.0. The minimum Gasteiger partial charge on any atom is -0.484 e. The number of amides is 1. The highest BCUT2D eigenvalue weighted by Gasteiger charge is 2.03. The molecule has 5 nitrogen and oxygen atoms in total. The maximum absolute atomic E-state index is 11.5. The fourth-order valence-corrected chi connectivity index (χ4v) is 1.57. The summed E-state index contributed by atoms with van der Waals surface area (Å²) >= 11 is 5.90. The van der Waals surface area contributed by atoms with Crippen molar-refractivity contribution in [1.82, 2.24) is 5.32 Å². The molecule has 21 heavy (non-hydrogen) atoms. The zero-order chi connectivity index (χ0) is 15.7. The summed E-state index contributed by atoms with van der Waals surface area (Å²) in [5.74, 6) is -0.0468. The summed E-state index contributed by atoms with van der Waals surface area (Å²) in [6, 6.07) is 5.21. The molecule has 1 N–H and O–H groups in total. The fourth-order valence-electron chi connectivity index (χ4n) is 1.45. The third kappa shape index (κ3) is 6.81. The van der Waals surface area contributed by atoms with Gasteiger partial charge < -0.3 is 14.8 Å². The molecule has 0 aliphatic heterocycles. The molecule has 0 unspecified atom stereocenters. The van der Waals surface area contributed by atoms with E-state index in [9.17, 15) is 9.59 Å². The maximum Gasteiger partial charge on any atom is 0.330 e. The molecule has 0 atom stereocenters. The molecule has 1 amide bonds. The van der Waals surface area contributed by atoms with Crippen molar-refractivity contribution in [3.63, 3.8) is 0 Å². The first-order valence-corrected chi connectivity index (χ1v) is 6.81. The predicted molar refractivity (Wildman–Crippen MR) is 80.5 cm³/mol. The van der Waals surface area contributed by atoms with E-state index in [-0.39, 0.29) is 12.5 Å². The predicted octanol–water partition coefficient (Wildman–Crippen LogP) is 2.26. The Balaban J connectivity index is 2.23. The Morgan fingerprint density at radius 3 is 2.81 bits per heavy atom. The number of halogens is 1. The van der Waals surface area contributed by atoms with E-state index >= 15 is 0 Å². The average Bonchev–Trinajstić information content (AvgIpc) is 2.47. The van der Waals surface area contributed by atoms with E-state index in [4.69, 9.17) is 16.3 Å². The van der Waals surface area contributed by atoms with Gasteiger partial charge in [-0.05, 0) is 37.1 Å². The number of esters is 1. The molecule has 6 heteroatoms. The van der Waals surface area contributed by atoms with Crippen LogP contribution in [0.25, 0.3) is 0 Å². The lowest BCUT2D eigenvalue weighted by molar-refractivity contribution is -0.134. The van der Waals surface area contributed by atoms with Gasteiger partial charge in [-0.25, -0.2) is 4.79 Å². The Bertz CT molecular complexity index is 528. The maximum atomic E-state index is 11.5. The van der Waals surface area contributed by atoms with Gasteiger partial charge in [-0.3, -0.25) is 4.79 Å². The quantitative estimate of drug-likeness (QED) is 0.476. The molecule has 114 valence electrons. The van der Waals surface area contributed by atoms with Crippen LogP contribution in [0.4, 0.5) is 0 Å². The number of carbonyl (C=O) groups excluding carboxylic acids is 2. The number of nitrogens with one attached hydrogen (secondary N) is 1. The van der Waals surface area contributed by atoms with Crippen LogP contribution in [0.1, 0.15) is 12.0 Å². The third-order valence-electron chi connectivity index (χ3n) is 2.59. The van der Waals surface area contributed by atoms with Crippen molar-refractivity contribution in [3.05, 3.63) is 40.9 Å². The molecule has 0 fully saturated rings. The minimum absolute atomic E-state index is 0.0677. The Hall–Kier alpha value is -2.01. The van der Waals surface area contributed by atoms with Crippen LogP contribution in [0.15, 0.2) is 30.4 Å². The van der Waals surface area contributed by atoms with Gasteiger partial charge in [0.25, 0.3) is 5.91 Å². The standard InChI is InChI=1S/C15H18ClNO4/c1-11-9-12(6-7-13(11)16)21-10-14(18)17-8-4-3-5-15(19)20-2/h3,5-7,9H,4,8,10H2,1-2H3,(H,17,18)/b5-3+. The zero-order valence-corrected chi connectivity index (χ0v) is 12.8. The third-order valence-corrected chi connectivity index (χ3v) is 3.01. The molecule has 0 aliphatic carbocycles. The smallest absolute Gasteiger partial charge is 0.330 e. The number of aryl methyl sites for hydroxylation is 1. The summed E-state index contributed by atoms with van der Waals surface area (Å²) in [4.78, 5) is 22.3. The first-order chi connectivity index (χ1) is 10.0. The van der Waals surface area contributed by atoms with Gasteiger partial charge in [0, 0.05) is 17.6 Å². The van der Waals surface area contributed by atoms with Crippen LogP contribution in [-0.4, -0.2) is 32.1 Å². The molecule has 0 aromatic heterocycles. The van der Waals surface area contributed by atoms with Gasteiger partial charge in [0.05, 0.1) is 7.11 Å². The summed E-state index contributed by atoms with van der Waals surface area (Å²) in [5, 5.41) is 3.33. The lowest BCUT2D eigenvalue weighted by Gasteiger charge is -2.08. The largest absolute Gasteiger partial charge is 0.484 e. The zero-order valence-electron chi connectivity index (χ0n) is 12.0. The summed E-state index contributed by atoms with van der Waals surface area (Å²) in [6.45, 7) is 2.22. The Kier molecular flexibility index (Phi) is 7.32. The number of carbonyl (C=O) groups is 2. The van der Waals surface area contributed by atoms with Crippen LogP contribution in [0.5, 0.6) is 5.75 Å². The van der Waals surface area contributed by atoms with E-state index in [0.717, 1.165) is 5.56 Å². The van der Waals surface area contributed by atoms with Gasteiger partial charge in [-0.1, -0.05) is 17.7 Å². The van der Waals surface area contributed by atoms with Gasteiger partial charge in [0.15, 0.2) is 6.61 Å². The molecule has 0 radical (unpaired) electrons. The molecule has 1 aromatic carbocycles. The van der Waals surface area contributed by atoms with E-state index in [0.29, 0.717) is 23.7 Å². The molecule has 0 heterocycles. The summed E-state index contributed by atoms with van der Waals surface area (Å²) in [6.07, 6.45) is 3.50. The van der Waals surface area contributed by atoms with E-state index in [1.807, 2.05) is 6.92 Å². The van der Waals surface area contributed by atoms with Crippen LogP contribution in [0, 0.1) is 6.92 Å². The minimum atomic E-state index is -0.414. The van der Waals surface area contributed by atoms with Crippen molar-refractivity contribution in [3.8, 4) is 5.75 Å². The van der Waals surface area contributed by atoms with E-state index in [1.54, 1.807) is 24.3 Å². The SMILES string of the molecule is COC(=O)/C=C/CCNC(=O)COc1ccc(Cl)c(C)c1. The molecule has 1 rings (SSSR count). The van der Waals surface area contributed by atoms with Gasteiger partial charge >= 0.3 is 5.97 Å². The second-order valence-corrected chi connectivity index (χ2v) is 4.67.